The Kier molecular flexibility index (Phi) is 3.78. The highest BCUT2D eigenvalue weighted by Gasteiger charge is 2.33. The lowest BCUT2D eigenvalue weighted by atomic mass is 10.2. The number of benzene rings is 2. The van der Waals surface area contributed by atoms with E-state index in [0.29, 0.717) is 18.8 Å². The van der Waals surface area contributed by atoms with Gasteiger partial charge in [-0.1, -0.05) is 12.1 Å². The smallest absolute Gasteiger partial charge is 0.264 e. The third-order valence-corrected chi connectivity index (χ3v) is 5.44. The molecule has 3 rings (SSSR count). The zero-order valence-electron chi connectivity index (χ0n) is 12.1. The predicted molar refractivity (Wildman–Crippen MR) is 82.2 cm³/mol. The van der Waals surface area contributed by atoms with Crippen molar-refractivity contribution in [2.45, 2.75) is 18.2 Å². The fourth-order valence-electron chi connectivity index (χ4n) is 2.62. The van der Waals surface area contributed by atoms with Crippen LogP contribution in [0.4, 0.5) is 10.1 Å². The van der Waals surface area contributed by atoms with Crippen molar-refractivity contribution in [3.63, 3.8) is 0 Å². The Hall–Kier alpha value is -2.08. The van der Waals surface area contributed by atoms with Gasteiger partial charge in [-0.3, -0.25) is 4.31 Å². The minimum Gasteiger partial charge on any atom is -0.494 e. The topological polar surface area (TPSA) is 46.6 Å². The van der Waals surface area contributed by atoms with Gasteiger partial charge in [0, 0.05) is 6.54 Å². The van der Waals surface area contributed by atoms with Gasteiger partial charge in [-0.25, -0.2) is 12.8 Å². The third kappa shape index (κ3) is 2.43. The molecule has 1 aliphatic heterocycles. The molecule has 1 heterocycles. The number of para-hydroxylation sites is 1. The molecule has 0 spiro atoms. The average Bonchev–Trinajstić information content (AvgIpc) is 2.94. The average molecular weight is 321 g/mol. The highest BCUT2D eigenvalue weighted by Crippen LogP contribution is 2.35. The molecule has 0 aromatic heterocycles. The normalized spacial score (nSPS) is 14.0. The van der Waals surface area contributed by atoms with Gasteiger partial charge in [0.2, 0.25) is 0 Å². The van der Waals surface area contributed by atoms with E-state index in [1.165, 1.54) is 18.2 Å². The van der Waals surface area contributed by atoms with Crippen LogP contribution in [0.2, 0.25) is 0 Å². The van der Waals surface area contributed by atoms with Crippen molar-refractivity contribution in [2.24, 2.45) is 0 Å². The summed E-state index contributed by atoms with van der Waals surface area (Å²) in [7, 11) is -3.77. The minimum absolute atomic E-state index is 0.132. The zero-order valence-corrected chi connectivity index (χ0v) is 12.9. The summed E-state index contributed by atoms with van der Waals surface area (Å²) < 4.78 is 46.0. The third-order valence-electron chi connectivity index (χ3n) is 3.63. The van der Waals surface area contributed by atoms with Gasteiger partial charge in [0.25, 0.3) is 10.0 Å². The van der Waals surface area contributed by atoms with Crippen LogP contribution in [0.15, 0.2) is 47.4 Å². The first-order valence-electron chi connectivity index (χ1n) is 7.07. The fraction of sp³-hybridized carbons (Fsp3) is 0.250. The number of hydrogen-bond acceptors (Lipinski definition) is 3. The van der Waals surface area contributed by atoms with Crippen LogP contribution in [0.3, 0.4) is 0 Å². The van der Waals surface area contributed by atoms with Crippen LogP contribution in [-0.4, -0.2) is 21.6 Å². The van der Waals surface area contributed by atoms with Gasteiger partial charge in [0.15, 0.2) is 0 Å². The largest absolute Gasteiger partial charge is 0.494 e. The highest BCUT2D eigenvalue weighted by molar-refractivity contribution is 7.92. The number of sulfonamides is 1. The number of fused-ring (bicyclic) bond motifs is 1. The lowest BCUT2D eigenvalue weighted by molar-refractivity contribution is 0.340. The Morgan fingerprint density at radius 1 is 1.18 bits per heavy atom. The maximum atomic E-state index is 14.0. The van der Waals surface area contributed by atoms with Gasteiger partial charge >= 0.3 is 0 Å². The minimum atomic E-state index is -3.77. The number of rotatable bonds is 4. The van der Waals surface area contributed by atoms with E-state index in [0.717, 1.165) is 9.87 Å². The van der Waals surface area contributed by atoms with Crippen molar-refractivity contribution in [1.82, 2.24) is 0 Å². The van der Waals surface area contributed by atoms with Crippen molar-refractivity contribution in [3.05, 3.63) is 53.8 Å². The maximum Gasteiger partial charge on any atom is 0.264 e. The van der Waals surface area contributed by atoms with Gasteiger partial charge in [-0.05, 0) is 49.2 Å². The first kappa shape index (κ1) is 14.8. The van der Waals surface area contributed by atoms with Crippen molar-refractivity contribution >= 4 is 15.7 Å². The molecule has 2 aromatic carbocycles. The van der Waals surface area contributed by atoms with Gasteiger partial charge < -0.3 is 4.74 Å². The Morgan fingerprint density at radius 2 is 1.91 bits per heavy atom. The van der Waals surface area contributed by atoms with Crippen LogP contribution in [0.1, 0.15) is 12.5 Å². The molecule has 1 aliphatic rings. The second kappa shape index (κ2) is 5.61. The summed E-state index contributed by atoms with van der Waals surface area (Å²) in [4.78, 5) is 0.132. The number of halogens is 1. The highest BCUT2D eigenvalue weighted by atomic mass is 32.2. The molecule has 0 saturated heterocycles. The number of ether oxygens (including phenoxy) is 1. The van der Waals surface area contributed by atoms with Crippen molar-refractivity contribution in [1.29, 1.82) is 0 Å². The summed E-state index contributed by atoms with van der Waals surface area (Å²) in [5, 5.41) is 0. The van der Waals surface area contributed by atoms with Gasteiger partial charge in [0.1, 0.15) is 11.6 Å². The molecule has 0 bridgehead atoms. The molecule has 0 fully saturated rings. The molecule has 0 atom stereocenters. The summed E-state index contributed by atoms with van der Waals surface area (Å²) >= 11 is 0. The molecule has 0 aliphatic carbocycles. The van der Waals surface area contributed by atoms with Crippen LogP contribution in [0, 0.1) is 5.82 Å². The molecule has 4 nitrogen and oxygen atoms in total. The van der Waals surface area contributed by atoms with Crippen molar-refractivity contribution in [2.75, 3.05) is 17.5 Å². The van der Waals surface area contributed by atoms with Crippen LogP contribution >= 0.6 is 0 Å². The standard InChI is InChI=1S/C16H16FNO3S/c1-2-21-13-6-8-14(9-7-13)22(19,20)18-11-10-12-4-3-5-15(17)16(12)18/h3-9H,2,10-11H2,1H3. The zero-order chi connectivity index (χ0) is 15.7. The van der Waals surface area contributed by atoms with E-state index < -0.39 is 15.8 Å². The Morgan fingerprint density at radius 3 is 2.59 bits per heavy atom. The van der Waals surface area contributed by atoms with Crippen molar-refractivity contribution in [3.8, 4) is 5.75 Å². The summed E-state index contributed by atoms with van der Waals surface area (Å²) in [6.45, 7) is 2.62. The molecular formula is C16H16FNO3S. The molecule has 0 unspecified atom stereocenters. The van der Waals surface area contributed by atoms with E-state index in [4.69, 9.17) is 4.74 Å². The summed E-state index contributed by atoms with van der Waals surface area (Å²) in [6.07, 6.45) is 0.517. The molecule has 0 radical (unpaired) electrons. The molecule has 0 amide bonds. The Balaban J connectivity index is 1.98. The SMILES string of the molecule is CCOc1ccc(S(=O)(=O)N2CCc3cccc(F)c32)cc1. The van der Waals surface area contributed by atoms with Crippen LogP contribution in [-0.2, 0) is 16.4 Å². The number of nitrogens with zero attached hydrogens (tertiary/aromatic N) is 1. The van der Waals surface area contributed by atoms with Gasteiger partial charge in [0.05, 0.1) is 17.2 Å². The Labute approximate surface area is 129 Å². The van der Waals surface area contributed by atoms with E-state index in [9.17, 15) is 12.8 Å². The van der Waals surface area contributed by atoms with Crippen molar-refractivity contribution < 1.29 is 17.5 Å². The first-order valence-corrected chi connectivity index (χ1v) is 8.51. The molecular weight excluding hydrogens is 305 g/mol. The summed E-state index contributed by atoms with van der Waals surface area (Å²) in [5.41, 5.74) is 0.880. The molecule has 0 N–H and O–H groups in total. The van der Waals surface area contributed by atoms with E-state index in [2.05, 4.69) is 0 Å². The molecule has 2 aromatic rings. The van der Waals surface area contributed by atoms with Gasteiger partial charge in [-0.15, -0.1) is 0 Å². The van der Waals surface area contributed by atoms with E-state index >= 15 is 0 Å². The maximum absolute atomic E-state index is 14.0. The van der Waals surface area contributed by atoms with Crippen LogP contribution in [0.5, 0.6) is 5.75 Å². The monoisotopic (exact) mass is 321 g/mol. The number of anilines is 1. The number of hydrogen-bond donors (Lipinski definition) is 0. The van der Waals surface area contributed by atoms with Crippen LogP contribution in [0.25, 0.3) is 0 Å². The molecule has 116 valence electrons. The lowest BCUT2D eigenvalue weighted by Gasteiger charge is -2.20. The van der Waals surface area contributed by atoms with E-state index in [-0.39, 0.29) is 17.1 Å². The summed E-state index contributed by atoms with van der Waals surface area (Å²) in [6, 6.07) is 10.8. The molecule has 6 heteroatoms. The molecule has 22 heavy (non-hydrogen) atoms. The van der Waals surface area contributed by atoms with E-state index in [1.54, 1.807) is 24.3 Å². The van der Waals surface area contributed by atoms with E-state index in [1.807, 2.05) is 6.92 Å². The lowest BCUT2D eigenvalue weighted by Crippen LogP contribution is -2.29. The predicted octanol–water partition coefficient (Wildman–Crippen LogP) is 2.98. The second-order valence-corrected chi connectivity index (χ2v) is 6.84. The second-order valence-electron chi connectivity index (χ2n) is 4.98. The van der Waals surface area contributed by atoms with Gasteiger partial charge in [-0.2, -0.15) is 0 Å². The van der Waals surface area contributed by atoms with Crippen LogP contribution < -0.4 is 9.04 Å². The first-order chi connectivity index (χ1) is 10.5. The molecule has 0 saturated carbocycles. The quantitative estimate of drug-likeness (QED) is 0.870. The Bertz CT molecular complexity index is 788. The summed E-state index contributed by atoms with van der Waals surface area (Å²) in [5.74, 6) is 0.0963. The fourth-order valence-corrected chi connectivity index (χ4v) is 4.13.